The summed E-state index contributed by atoms with van der Waals surface area (Å²) in [5.74, 6) is 0. The van der Waals surface area contributed by atoms with Crippen LogP contribution in [0, 0.1) is 0 Å². The molecule has 0 aliphatic carbocycles. The van der Waals surface area contributed by atoms with Crippen molar-refractivity contribution in [1.82, 2.24) is 4.57 Å². The molecule has 44 heavy (non-hydrogen) atoms. The van der Waals surface area contributed by atoms with E-state index in [0.29, 0.717) is 0 Å². The molecule has 2 unspecified atom stereocenters. The molecule has 214 valence electrons. The maximum atomic E-state index is 2.33. The van der Waals surface area contributed by atoms with Gasteiger partial charge in [0, 0.05) is 22.3 Å². The molecule has 0 radical (unpaired) electrons. The number of aromatic nitrogens is 2. The van der Waals surface area contributed by atoms with Crippen LogP contribution in [0.2, 0.25) is 0 Å². The van der Waals surface area contributed by atoms with E-state index >= 15 is 0 Å². The van der Waals surface area contributed by atoms with Crippen molar-refractivity contribution in [2.45, 2.75) is 12.1 Å². The first-order valence-corrected chi connectivity index (χ1v) is 14.8. The van der Waals surface area contributed by atoms with Crippen molar-refractivity contribution >= 4 is 0 Å². The molecule has 1 aromatic heterocycles. The molecule has 0 spiro atoms. The van der Waals surface area contributed by atoms with Crippen LogP contribution < -0.4 is 4.57 Å². The largest absolute Gasteiger partial charge is 0.870 e. The topological polar surface area (TPSA) is 38.8 Å². The van der Waals surface area contributed by atoms with E-state index in [9.17, 15) is 0 Å². The number of benzene rings is 6. The summed E-state index contributed by atoms with van der Waals surface area (Å²) in [7, 11) is 0. The van der Waals surface area contributed by atoms with Crippen LogP contribution in [0.5, 0.6) is 0 Å². The highest BCUT2D eigenvalue weighted by molar-refractivity contribution is 5.64. The molecule has 1 heterocycles. The van der Waals surface area contributed by atoms with Gasteiger partial charge in [0.2, 0.25) is 6.33 Å². The summed E-state index contributed by atoms with van der Waals surface area (Å²) in [4.78, 5) is 0. The van der Waals surface area contributed by atoms with Gasteiger partial charge in [0.25, 0.3) is 0 Å². The lowest BCUT2D eigenvalue weighted by atomic mass is 9.96. The summed E-state index contributed by atoms with van der Waals surface area (Å²) in [5.41, 5.74) is 9.90. The quantitative estimate of drug-likeness (QED) is 0.168. The van der Waals surface area contributed by atoms with Crippen molar-refractivity contribution in [3.63, 3.8) is 0 Å². The summed E-state index contributed by atoms with van der Waals surface area (Å²) < 4.78 is 4.67. The second-order valence-corrected chi connectivity index (χ2v) is 10.9. The van der Waals surface area contributed by atoms with Crippen molar-refractivity contribution in [1.29, 1.82) is 0 Å². The molecule has 3 heteroatoms. The van der Waals surface area contributed by atoms with Crippen molar-refractivity contribution in [2.75, 3.05) is 0 Å². The molecule has 2 atom stereocenters. The highest BCUT2D eigenvalue weighted by Crippen LogP contribution is 2.30. The molecule has 3 nitrogen and oxygen atoms in total. The Kier molecular flexibility index (Phi) is 8.58. The van der Waals surface area contributed by atoms with Crippen LogP contribution in [-0.2, 0) is 0 Å². The fourth-order valence-corrected chi connectivity index (χ4v) is 6.01. The molecule has 0 bridgehead atoms. The van der Waals surface area contributed by atoms with E-state index in [-0.39, 0.29) is 17.6 Å². The van der Waals surface area contributed by atoms with Crippen LogP contribution in [0.4, 0.5) is 0 Å². The minimum Gasteiger partial charge on any atom is -0.870 e. The van der Waals surface area contributed by atoms with E-state index in [4.69, 9.17) is 0 Å². The van der Waals surface area contributed by atoms with E-state index in [1.807, 2.05) is 0 Å². The minimum atomic E-state index is 0. The normalized spacial score (nSPS) is 12.2. The van der Waals surface area contributed by atoms with Crippen molar-refractivity contribution in [2.24, 2.45) is 0 Å². The summed E-state index contributed by atoms with van der Waals surface area (Å²) in [5, 5.41) is 0. The Morgan fingerprint density at radius 2 is 0.750 bits per heavy atom. The molecule has 0 saturated carbocycles. The van der Waals surface area contributed by atoms with Crippen molar-refractivity contribution < 1.29 is 10.0 Å². The van der Waals surface area contributed by atoms with Gasteiger partial charge in [0.1, 0.15) is 12.4 Å². The van der Waals surface area contributed by atoms with E-state index in [1.165, 1.54) is 44.5 Å². The third-order valence-electron chi connectivity index (χ3n) is 8.17. The summed E-state index contributed by atoms with van der Waals surface area (Å²) in [6.07, 6.45) is 6.67. The highest BCUT2D eigenvalue weighted by Gasteiger charge is 2.26. The van der Waals surface area contributed by atoms with E-state index in [0.717, 1.165) is 0 Å². The predicted molar refractivity (Wildman–Crippen MR) is 178 cm³/mol. The number of nitrogens with zero attached hydrogens (tertiary/aromatic N) is 2. The lowest BCUT2D eigenvalue weighted by Crippen LogP contribution is -2.39. The zero-order chi connectivity index (χ0) is 28.8. The molecule has 1 N–H and O–H groups in total. The van der Waals surface area contributed by atoms with Crippen LogP contribution in [0.25, 0.3) is 22.3 Å². The van der Waals surface area contributed by atoms with Crippen molar-refractivity contribution in [3.05, 3.63) is 211 Å². The molecule has 0 fully saturated rings. The number of imidazole rings is 1. The first-order chi connectivity index (χ1) is 21.3. The van der Waals surface area contributed by atoms with Gasteiger partial charge in [-0.2, -0.15) is 0 Å². The van der Waals surface area contributed by atoms with E-state index in [2.05, 4.69) is 198 Å². The second-order valence-electron chi connectivity index (χ2n) is 10.9. The van der Waals surface area contributed by atoms with Gasteiger partial charge in [0.15, 0.2) is 12.1 Å². The monoisotopic (exact) mass is 570 g/mol. The van der Waals surface area contributed by atoms with Gasteiger partial charge in [-0.1, -0.05) is 170 Å². The van der Waals surface area contributed by atoms with E-state index < -0.39 is 0 Å². The second kappa shape index (κ2) is 13.2. The van der Waals surface area contributed by atoms with Gasteiger partial charge < -0.3 is 5.48 Å². The molecular weight excluding hydrogens is 536 g/mol. The van der Waals surface area contributed by atoms with Crippen LogP contribution in [0.15, 0.2) is 189 Å². The van der Waals surface area contributed by atoms with Crippen LogP contribution in [-0.4, -0.2) is 10.0 Å². The fraction of sp³-hybridized carbons (Fsp3) is 0.0488. The Bertz CT molecular complexity index is 1740. The summed E-state index contributed by atoms with van der Waals surface area (Å²) in [6.45, 7) is 0. The smallest absolute Gasteiger partial charge is 0.245 e. The standard InChI is InChI=1S/C41H33N2.H2O/c1-5-13-32(14-6-1)34-21-25-38(26-22-34)40(36-17-9-3-10-18-36)42-29-30-43(31-42)41(37-19-11-4-12-20-37)39-27-23-35(24-28-39)33-15-7-2-8-16-33;/h1-31,40-41H;1H2/q+1;/p-1. The van der Waals surface area contributed by atoms with Gasteiger partial charge in [0.05, 0.1) is 0 Å². The molecule has 0 amide bonds. The zero-order valence-electron chi connectivity index (χ0n) is 24.4. The Morgan fingerprint density at radius 1 is 0.386 bits per heavy atom. The first-order valence-electron chi connectivity index (χ1n) is 14.8. The lowest BCUT2D eigenvalue weighted by molar-refractivity contribution is -0.704. The number of hydrogen-bond acceptors (Lipinski definition) is 1. The highest BCUT2D eigenvalue weighted by atomic mass is 16.0. The van der Waals surface area contributed by atoms with E-state index in [1.54, 1.807) is 0 Å². The van der Waals surface area contributed by atoms with Crippen molar-refractivity contribution in [3.8, 4) is 22.3 Å². The zero-order valence-corrected chi connectivity index (χ0v) is 24.4. The molecule has 0 saturated heterocycles. The average Bonchev–Trinajstić information content (AvgIpc) is 3.56. The molecule has 0 aliphatic rings. The third kappa shape index (κ3) is 6.00. The number of rotatable bonds is 8. The third-order valence-corrected chi connectivity index (χ3v) is 8.17. The Morgan fingerprint density at radius 3 is 1.25 bits per heavy atom. The Hall–Kier alpha value is -5.51. The molecule has 0 aliphatic heterocycles. The van der Waals surface area contributed by atoms with Crippen LogP contribution in [0.1, 0.15) is 34.3 Å². The first kappa shape index (κ1) is 28.6. The average molecular weight is 571 g/mol. The SMILES string of the molecule is [OH-].c1ccc(-c2ccc(C(c3ccccc3)n3cc[n+](C(c4ccccc4)c4ccc(-c5ccccc5)cc4)c3)cc2)cc1. The maximum Gasteiger partial charge on any atom is 0.245 e. The minimum absolute atomic E-state index is 0. The molecule has 6 aromatic carbocycles. The lowest BCUT2D eigenvalue weighted by Gasteiger charge is -2.17. The molecule has 7 aromatic rings. The number of hydrogen-bond donors (Lipinski definition) is 0. The van der Waals surface area contributed by atoms with Gasteiger partial charge in [-0.3, -0.25) is 0 Å². The van der Waals surface area contributed by atoms with Gasteiger partial charge in [-0.05, 0) is 22.3 Å². The van der Waals surface area contributed by atoms with Gasteiger partial charge in [-0.15, -0.1) is 0 Å². The van der Waals surface area contributed by atoms with Crippen LogP contribution >= 0.6 is 0 Å². The van der Waals surface area contributed by atoms with Gasteiger partial charge >= 0.3 is 0 Å². The maximum absolute atomic E-state index is 2.33. The summed E-state index contributed by atoms with van der Waals surface area (Å²) in [6, 6.07) is 60.8. The predicted octanol–water partition coefficient (Wildman–Crippen LogP) is 9.21. The Balaban J connectivity index is 0.00000343. The molecular formula is C41H34N2O. The Labute approximate surface area is 259 Å². The van der Waals surface area contributed by atoms with Gasteiger partial charge in [-0.25, -0.2) is 9.13 Å². The van der Waals surface area contributed by atoms with Crippen LogP contribution in [0.3, 0.4) is 0 Å². The fourth-order valence-electron chi connectivity index (χ4n) is 6.01. The molecule has 7 rings (SSSR count). The summed E-state index contributed by atoms with van der Waals surface area (Å²) >= 11 is 0.